The Hall–Kier alpha value is -7.34. The Labute approximate surface area is 429 Å². The van der Waals surface area contributed by atoms with Crippen LogP contribution in [-0.2, 0) is 22.4 Å². The molecule has 0 saturated heterocycles. The summed E-state index contributed by atoms with van der Waals surface area (Å²) in [6, 6.07) is 16.5. The average Bonchev–Trinajstić information content (AvgIpc) is 3.18. The fourth-order valence-corrected chi connectivity index (χ4v) is 4.31. The maximum absolute atomic E-state index is 10.7. The number of guanidine groups is 2. The van der Waals surface area contributed by atoms with Crippen molar-refractivity contribution >= 4 is 35.8 Å². The van der Waals surface area contributed by atoms with E-state index in [4.69, 9.17) is 70.9 Å². The Bertz CT molecular complexity index is 2080. The Balaban J connectivity index is -0.000000190. The average molecular weight is 967 g/mol. The van der Waals surface area contributed by atoms with E-state index in [0.717, 1.165) is 16.7 Å². The smallest absolute Gasteiger partial charge is 0.481 e. The first kappa shape index (κ1) is 73.2. The molecule has 2 aromatic carbocycles. The molecule has 0 fully saturated rings. The molecule has 0 radical (unpaired) electrons. The second kappa shape index (κ2) is 44.5. The maximum Gasteiger partial charge on any atom is 1.00 e. The topological polar surface area (TPSA) is 463 Å². The quantitative estimate of drug-likeness (QED) is 0.0369. The normalized spacial score (nSPS) is 10.5. The van der Waals surface area contributed by atoms with Crippen molar-refractivity contribution in [3.63, 3.8) is 0 Å². The molecule has 0 saturated carbocycles. The molecule has 1 aromatic heterocycles. The molecule has 2 atom stereocenters. The van der Waals surface area contributed by atoms with E-state index in [1.807, 2.05) is 85.7 Å². The van der Waals surface area contributed by atoms with Gasteiger partial charge in [-0.3, -0.25) is 25.5 Å². The van der Waals surface area contributed by atoms with E-state index in [9.17, 15) is 9.59 Å². The van der Waals surface area contributed by atoms with Crippen molar-refractivity contribution < 1.29 is 49.4 Å². The van der Waals surface area contributed by atoms with Gasteiger partial charge < -0.3 is 60.5 Å². The summed E-state index contributed by atoms with van der Waals surface area (Å²) in [5.74, 6) is -0.385. The number of carbonyl (C=O) groups is 2. The second-order valence-corrected chi connectivity index (χ2v) is 14.5. The summed E-state index contributed by atoms with van der Waals surface area (Å²) < 4.78 is 0. The first-order valence-corrected chi connectivity index (χ1v) is 19.9. The summed E-state index contributed by atoms with van der Waals surface area (Å²) in [6.45, 7) is 15.4. The predicted molar refractivity (Wildman–Crippen MR) is 266 cm³/mol. The zero-order valence-electron chi connectivity index (χ0n) is 39.5. The van der Waals surface area contributed by atoms with Gasteiger partial charge in [0.1, 0.15) is 0 Å². The Kier molecular flexibility index (Phi) is 47.2. The molecule has 0 unspecified atom stereocenters. The summed E-state index contributed by atoms with van der Waals surface area (Å²) in [7, 11) is 0. The van der Waals surface area contributed by atoms with Crippen LogP contribution in [0.1, 0.15) is 99.8 Å². The van der Waals surface area contributed by atoms with E-state index in [2.05, 4.69) is 46.2 Å². The molecular weight excluding hydrogens is 896 g/mol. The molecule has 0 spiro atoms. The van der Waals surface area contributed by atoms with Crippen molar-refractivity contribution in [3.8, 4) is 42.2 Å². The number of benzene rings is 2. The van der Waals surface area contributed by atoms with Crippen LogP contribution in [0.5, 0.6) is 0 Å². The van der Waals surface area contributed by atoms with Gasteiger partial charge in [0.2, 0.25) is 23.8 Å². The standard InChI is InChI=1S/C16H22N6O2.C11H12N2O2.2C5H10N4.C3H9N.C2N3.2CH4.Na/c1-9(2)19-16-21-14(20-15(18)22-16)11-5-3-10(4-6-11)7-12(17)8-13(23)24;12-7-9-3-1-8(2-4-9)5-10(13)6-11(14)15;2*1-4(2)9-5(7)8-3-6;1-3(2)4;3-1-5-2-4;;;/h3-6,9,12H,7-8,17H2,1-2H3,(H,23,24)(H3,18,19,20,21,22);1-4,10H,5-6,13H2,(H,14,15);2*4H,1-2H3,(H3,7,8,9);3H,4H2,1-2H3;;2*1H4;/q;;;;;-1;;;+1/t12-;10-;;;;;;;/m00......./s1. The van der Waals surface area contributed by atoms with Crippen LogP contribution in [0.25, 0.3) is 16.7 Å². The summed E-state index contributed by atoms with van der Waals surface area (Å²) in [6.07, 6.45) is 6.80. The molecule has 3 rings (SSSR count). The predicted octanol–water partition coefficient (Wildman–Crippen LogP) is 0.701. The Morgan fingerprint density at radius 2 is 1.06 bits per heavy atom. The molecule has 3 aromatic rings. The number of aliphatic carboxylic acids is 2. The molecule has 0 aliphatic heterocycles. The van der Waals surface area contributed by atoms with E-state index < -0.39 is 18.0 Å². The molecular formula is C44H71N20NaO4. The number of hydrogen-bond acceptors (Lipinski definition) is 17. The number of nitriles is 5. The van der Waals surface area contributed by atoms with Crippen molar-refractivity contribution in [1.82, 2.24) is 25.6 Å². The fraction of sp³-hybridized carbons (Fsp3) is 0.455. The van der Waals surface area contributed by atoms with Crippen molar-refractivity contribution in [2.45, 2.75) is 132 Å². The molecule has 1 heterocycles. The third kappa shape index (κ3) is 47.0. The number of carboxylic acids is 2. The summed E-state index contributed by atoms with van der Waals surface area (Å²) >= 11 is 0. The van der Waals surface area contributed by atoms with Crippen LogP contribution in [-0.4, -0.2) is 85.3 Å². The van der Waals surface area contributed by atoms with Crippen LogP contribution in [0.3, 0.4) is 0 Å². The summed E-state index contributed by atoms with van der Waals surface area (Å²) in [4.78, 5) is 41.3. The molecule has 0 amide bonds. The van der Waals surface area contributed by atoms with E-state index in [0.29, 0.717) is 36.2 Å². The minimum absolute atomic E-state index is 0. The van der Waals surface area contributed by atoms with Gasteiger partial charge >= 0.3 is 41.5 Å². The summed E-state index contributed by atoms with van der Waals surface area (Å²) in [5, 5.41) is 66.9. The molecule has 0 aliphatic carbocycles. The van der Waals surface area contributed by atoms with Crippen molar-refractivity contribution in [3.05, 3.63) is 70.5 Å². The van der Waals surface area contributed by atoms with Crippen LogP contribution < -0.4 is 79.9 Å². The first-order chi connectivity index (χ1) is 30.9. The van der Waals surface area contributed by atoms with Crippen LogP contribution in [0.2, 0.25) is 0 Å². The van der Waals surface area contributed by atoms with E-state index in [1.165, 1.54) is 12.4 Å². The van der Waals surface area contributed by atoms with Crippen LogP contribution in [0.4, 0.5) is 11.9 Å². The number of rotatable bonds is 13. The molecule has 25 heteroatoms. The van der Waals surface area contributed by atoms with Crippen LogP contribution >= 0.6 is 0 Å². The van der Waals surface area contributed by atoms with Crippen LogP contribution in [0, 0.1) is 57.2 Å². The number of aromatic nitrogens is 3. The first-order valence-electron chi connectivity index (χ1n) is 19.9. The van der Waals surface area contributed by atoms with Crippen molar-refractivity contribution in [2.24, 2.45) is 38.7 Å². The zero-order chi connectivity index (χ0) is 51.2. The van der Waals surface area contributed by atoms with Crippen molar-refractivity contribution in [1.29, 1.82) is 26.3 Å². The monoisotopic (exact) mass is 967 g/mol. The third-order valence-electron chi connectivity index (χ3n) is 6.50. The number of nitrogens with one attached hydrogen (secondary N) is 3. The van der Waals surface area contributed by atoms with Gasteiger partial charge in [-0.1, -0.05) is 65.1 Å². The molecule has 69 heavy (non-hydrogen) atoms. The number of hydrogen-bond donors (Lipinski definition) is 11. The SMILES string of the molecule is C.C.CC(C)N.CC(C)N=C(N)NC#N.CC(C)N=C(N)NC#N.CC(C)Nc1nc(N)nc(-c2ccc(C[C@H](N)CC(=O)O)cc2)n1.N#C[N-]C#N.N#Cc1ccc(C[C@H](N)CC(=O)O)cc1.[Na+]. The number of nitrogens with two attached hydrogens (primary N) is 6. The van der Waals surface area contributed by atoms with Gasteiger partial charge in [-0.05, 0) is 83.7 Å². The van der Waals surface area contributed by atoms with Gasteiger partial charge in [-0.25, -0.2) is 9.98 Å². The summed E-state index contributed by atoms with van der Waals surface area (Å²) in [5.41, 5.74) is 36.0. The second-order valence-electron chi connectivity index (χ2n) is 14.5. The minimum atomic E-state index is -0.898. The molecule has 24 nitrogen and oxygen atoms in total. The minimum Gasteiger partial charge on any atom is -0.481 e. The van der Waals surface area contributed by atoms with E-state index in [-0.39, 0.29) is 99.3 Å². The third-order valence-corrected chi connectivity index (χ3v) is 6.50. The largest absolute Gasteiger partial charge is 1.00 e. The van der Waals surface area contributed by atoms with Gasteiger partial charge in [-0.15, -0.1) is 0 Å². The van der Waals surface area contributed by atoms with Crippen LogP contribution in [0.15, 0.2) is 58.5 Å². The molecule has 0 bridgehead atoms. The molecule has 0 aliphatic rings. The van der Waals surface area contributed by atoms with E-state index >= 15 is 0 Å². The van der Waals surface area contributed by atoms with E-state index in [1.54, 1.807) is 36.7 Å². The molecule has 17 N–H and O–H groups in total. The fourth-order valence-electron chi connectivity index (χ4n) is 4.31. The number of aliphatic imine (C=N–C) groups is 2. The Morgan fingerprint density at radius 3 is 1.35 bits per heavy atom. The van der Waals surface area contributed by atoms with Gasteiger partial charge in [0, 0.05) is 48.2 Å². The maximum atomic E-state index is 10.7. The van der Waals surface area contributed by atoms with Gasteiger partial charge in [-0.2, -0.15) is 30.7 Å². The Morgan fingerprint density at radius 1 is 0.681 bits per heavy atom. The number of anilines is 2. The molecule has 372 valence electrons. The van der Waals surface area contributed by atoms with Crippen molar-refractivity contribution in [2.75, 3.05) is 11.1 Å². The zero-order valence-corrected chi connectivity index (χ0v) is 41.5. The number of carboxylic acid groups (broad SMARTS) is 2. The van der Waals surface area contributed by atoms with Gasteiger partial charge in [0.15, 0.2) is 18.2 Å². The van der Waals surface area contributed by atoms with Gasteiger partial charge in [0.05, 0.1) is 24.5 Å². The number of nitrogens with zero attached hydrogens (tertiary/aromatic N) is 11. The number of nitrogen functional groups attached to an aromatic ring is 1. The van der Waals surface area contributed by atoms with Gasteiger partial charge in [0.25, 0.3) is 0 Å².